The predicted octanol–water partition coefficient (Wildman–Crippen LogP) is 3.43. The van der Waals surface area contributed by atoms with Crippen molar-refractivity contribution in [1.29, 1.82) is 0 Å². The van der Waals surface area contributed by atoms with Crippen molar-refractivity contribution in [3.05, 3.63) is 28.0 Å². The number of hydrogen-bond acceptors (Lipinski definition) is 2. The number of rotatable bonds is 5. The molecule has 1 aliphatic rings. The number of anilines is 1. The summed E-state index contributed by atoms with van der Waals surface area (Å²) in [5.74, 6) is 0.0482. The van der Waals surface area contributed by atoms with Crippen molar-refractivity contribution in [3.8, 4) is 0 Å². The molecule has 0 radical (unpaired) electrons. The number of carbonyl (C=O) groups excluding carboxylic acids is 1. The molecule has 104 valence electrons. The lowest BCUT2D eigenvalue weighted by molar-refractivity contribution is 0.0747. The van der Waals surface area contributed by atoms with Crippen molar-refractivity contribution in [3.63, 3.8) is 0 Å². The average molecular weight is 329 g/mol. The summed E-state index contributed by atoms with van der Waals surface area (Å²) < 4.78 is 13.8. The molecule has 3 nitrogen and oxygen atoms in total. The number of carbonyl (C=O) groups is 1. The van der Waals surface area contributed by atoms with Gasteiger partial charge in [-0.3, -0.25) is 4.79 Å². The third kappa shape index (κ3) is 3.47. The zero-order chi connectivity index (χ0) is 14.0. The monoisotopic (exact) mass is 328 g/mol. The number of benzene rings is 1. The molecule has 1 aromatic carbocycles. The summed E-state index contributed by atoms with van der Waals surface area (Å²) in [7, 11) is 0. The molecule has 0 bridgehead atoms. The largest absolute Gasteiger partial charge is 0.396 e. The van der Waals surface area contributed by atoms with E-state index in [0.29, 0.717) is 16.0 Å². The van der Waals surface area contributed by atoms with Gasteiger partial charge in [-0.05, 0) is 53.2 Å². The van der Waals surface area contributed by atoms with Gasteiger partial charge in [0.1, 0.15) is 5.82 Å². The highest BCUT2D eigenvalue weighted by Crippen LogP contribution is 2.31. The second-order valence-electron chi connectivity index (χ2n) is 5.05. The molecule has 5 heteroatoms. The van der Waals surface area contributed by atoms with Crippen LogP contribution in [0.3, 0.4) is 0 Å². The molecule has 1 aromatic rings. The molecule has 0 heterocycles. The van der Waals surface area contributed by atoms with Gasteiger partial charge in [-0.1, -0.05) is 6.92 Å². The normalized spacial score (nSPS) is 14.5. The van der Waals surface area contributed by atoms with Crippen LogP contribution >= 0.6 is 15.9 Å². The Hall–Kier alpha value is -1.10. The van der Waals surface area contributed by atoms with E-state index in [2.05, 4.69) is 15.9 Å². The first-order valence-electron chi connectivity index (χ1n) is 6.56. The van der Waals surface area contributed by atoms with E-state index in [1.54, 1.807) is 0 Å². The van der Waals surface area contributed by atoms with Crippen molar-refractivity contribution in [2.45, 2.75) is 26.2 Å². The summed E-state index contributed by atoms with van der Waals surface area (Å²) in [6.07, 6.45) is 3.30. The van der Waals surface area contributed by atoms with Crippen LogP contribution in [0.4, 0.5) is 10.1 Å². The Morgan fingerprint density at radius 3 is 2.79 bits per heavy atom. The quantitative estimate of drug-likeness (QED) is 0.841. The van der Waals surface area contributed by atoms with E-state index in [4.69, 9.17) is 5.73 Å². The molecule has 1 fully saturated rings. The summed E-state index contributed by atoms with van der Waals surface area (Å²) in [5.41, 5.74) is 6.00. The van der Waals surface area contributed by atoms with Gasteiger partial charge in [-0.25, -0.2) is 4.39 Å². The molecule has 0 spiro atoms. The zero-order valence-electron chi connectivity index (χ0n) is 11.0. The summed E-state index contributed by atoms with van der Waals surface area (Å²) >= 11 is 3.24. The van der Waals surface area contributed by atoms with Gasteiger partial charge in [0.25, 0.3) is 5.91 Å². The van der Waals surface area contributed by atoms with Crippen LogP contribution in [-0.2, 0) is 0 Å². The molecule has 0 atom stereocenters. The molecule has 0 saturated heterocycles. The van der Waals surface area contributed by atoms with Crippen LogP contribution in [0.2, 0.25) is 0 Å². The number of amides is 1. The number of hydrogen-bond donors (Lipinski definition) is 1. The highest BCUT2D eigenvalue weighted by atomic mass is 79.9. The molecule has 2 rings (SSSR count). The van der Waals surface area contributed by atoms with Crippen LogP contribution in [-0.4, -0.2) is 23.9 Å². The molecule has 1 amide bonds. The van der Waals surface area contributed by atoms with Gasteiger partial charge >= 0.3 is 0 Å². The van der Waals surface area contributed by atoms with E-state index in [9.17, 15) is 9.18 Å². The molecule has 0 aromatic heterocycles. The Morgan fingerprint density at radius 2 is 2.21 bits per heavy atom. The second-order valence-corrected chi connectivity index (χ2v) is 5.90. The fraction of sp³-hybridized carbons (Fsp3) is 0.500. The Labute approximate surface area is 121 Å². The first-order valence-corrected chi connectivity index (χ1v) is 7.36. The number of nitrogen functional groups attached to an aromatic ring is 1. The van der Waals surface area contributed by atoms with Crippen LogP contribution in [0.5, 0.6) is 0 Å². The Kier molecular flexibility index (Phi) is 4.45. The van der Waals surface area contributed by atoms with Crippen molar-refractivity contribution in [2.24, 2.45) is 5.92 Å². The minimum atomic E-state index is -0.507. The third-order valence-electron chi connectivity index (χ3n) is 3.27. The van der Waals surface area contributed by atoms with Gasteiger partial charge in [0, 0.05) is 17.6 Å². The summed E-state index contributed by atoms with van der Waals surface area (Å²) in [6.45, 7) is 3.55. The Balaban J connectivity index is 2.22. The van der Waals surface area contributed by atoms with Crippen LogP contribution in [0.1, 0.15) is 36.5 Å². The first kappa shape index (κ1) is 14.3. The summed E-state index contributed by atoms with van der Waals surface area (Å²) in [6, 6.07) is 2.67. The zero-order valence-corrected chi connectivity index (χ0v) is 12.5. The number of nitrogens with two attached hydrogens (primary N) is 1. The smallest absolute Gasteiger partial charge is 0.255 e. The van der Waals surface area contributed by atoms with Crippen LogP contribution in [0, 0.1) is 11.7 Å². The van der Waals surface area contributed by atoms with Gasteiger partial charge in [-0.15, -0.1) is 0 Å². The molecular formula is C14H18BrFN2O. The SMILES string of the molecule is CCCN(CC1CC1)C(=O)c1cc(N)c(F)cc1Br. The van der Waals surface area contributed by atoms with Gasteiger partial charge in [0.05, 0.1) is 11.3 Å². The molecule has 2 N–H and O–H groups in total. The van der Waals surface area contributed by atoms with Crippen molar-refractivity contribution in [2.75, 3.05) is 18.8 Å². The highest BCUT2D eigenvalue weighted by molar-refractivity contribution is 9.10. The van der Waals surface area contributed by atoms with Crippen LogP contribution < -0.4 is 5.73 Å². The molecule has 1 saturated carbocycles. The van der Waals surface area contributed by atoms with E-state index < -0.39 is 5.82 Å². The van der Waals surface area contributed by atoms with E-state index in [-0.39, 0.29) is 11.6 Å². The lowest BCUT2D eigenvalue weighted by Gasteiger charge is -2.23. The molecular weight excluding hydrogens is 311 g/mol. The fourth-order valence-corrected chi connectivity index (χ4v) is 2.54. The summed E-state index contributed by atoms with van der Waals surface area (Å²) in [4.78, 5) is 14.3. The van der Waals surface area contributed by atoms with Crippen molar-refractivity contribution in [1.82, 2.24) is 4.90 Å². The fourth-order valence-electron chi connectivity index (χ4n) is 2.06. The van der Waals surface area contributed by atoms with Crippen molar-refractivity contribution < 1.29 is 9.18 Å². The van der Waals surface area contributed by atoms with Gasteiger partial charge in [0.2, 0.25) is 0 Å². The highest BCUT2D eigenvalue weighted by Gasteiger charge is 2.27. The molecule has 0 unspecified atom stereocenters. The maximum Gasteiger partial charge on any atom is 0.255 e. The van der Waals surface area contributed by atoms with Crippen molar-refractivity contribution >= 4 is 27.5 Å². The van der Waals surface area contributed by atoms with E-state index in [1.807, 2.05) is 11.8 Å². The molecule has 1 aliphatic carbocycles. The molecule has 19 heavy (non-hydrogen) atoms. The number of halogens is 2. The maximum atomic E-state index is 13.3. The van der Waals surface area contributed by atoms with E-state index in [0.717, 1.165) is 19.5 Å². The van der Waals surface area contributed by atoms with E-state index >= 15 is 0 Å². The topological polar surface area (TPSA) is 46.3 Å². The predicted molar refractivity (Wildman–Crippen MR) is 77.4 cm³/mol. The maximum absolute atomic E-state index is 13.3. The first-order chi connectivity index (χ1) is 9.02. The van der Waals surface area contributed by atoms with Crippen LogP contribution in [0.25, 0.3) is 0 Å². The van der Waals surface area contributed by atoms with E-state index in [1.165, 1.54) is 25.0 Å². The Morgan fingerprint density at radius 1 is 1.53 bits per heavy atom. The standard InChI is InChI=1S/C14H18BrFN2O/c1-2-5-18(8-9-3-4-9)14(19)10-6-13(17)12(16)7-11(10)15/h6-7,9H,2-5,8,17H2,1H3. The summed E-state index contributed by atoms with van der Waals surface area (Å²) in [5, 5.41) is 0. The number of nitrogens with zero attached hydrogens (tertiary/aromatic N) is 1. The van der Waals surface area contributed by atoms with Crippen LogP contribution in [0.15, 0.2) is 16.6 Å². The van der Waals surface area contributed by atoms with Gasteiger partial charge in [-0.2, -0.15) is 0 Å². The minimum absolute atomic E-state index is 0.00872. The second kappa shape index (κ2) is 5.90. The average Bonchev–Trinajstić information content (AvgIpc) is 3.16. The Bertz CT molecular complexity index is 489. The van der Waals surface area contributed by atoms with Gasteiger partial charge < -0.3 is 10.6 Å². The lowest BCUT2D eigenvalue weighted by atomic mass is 10.1. The van der Waals surface area contributed by atoms with Gasteiger partial charge in [0.15, 0.2) is 0 Å². The lowest BCUT2D eigenvalue weighted by Crippen LogP contribution is -2.34. The minimum Gasteiger partial charge on any atom is -0.396 e. The molecule has 0 aliphatic heterocycles. The third-order valence-corrected chi connectivity index (χ3v) is 3.93.